The van der Waals surface area contributed by atoms with Gasteiger partial charge < -0.3 is 9.88 Å². The first-order valence-corrected chi connectivity index (χ1v) is 11.0. The number of carbonyl (C=O) groups is 1. The summed E-state index contributed by atoms with van der Waals surface area (Å²) in [5.41, 5.74) is 3.11. The van der Waals surface area contributed by atoms with Gasteiger partial charge in [0.05, 0.1) is 6.20 Å². The average Bonchev–Trinajstić information content (AvgIpc) is 3.14. The Balaban J connectivity index is 1.51. The van der Waals surface area contributed by atoms with Crippen LogP contribution < -0.4 is 10.9 Å². The molecule has 5 aromatic rings. The van der Waals surface area contributed by atoms with Gasteiger partial charge >= 0.3 is 0 Å². The fourth-order valence-electron chi connectivity index (χ4n) is 4.08. The van der Waals surface area contributed by atoms with Crippen molar-refractivity contribution in [3.63, 3.8) is 0 Å². The van der Waals surface area contributed by atoms with Crippen molar-refractivity contribution in [2.24, 2.45) is 0 Å². The Morgan fingerprint density at radius 3 is 2.48 bits per heavy atom. The van der Waals surface area contributed by atoms with Gasteiger partial charge in [-0.15, -0.1) is 0 Å². The quantitative estimate of drug-likeness (QED) is 0.412. The molecule has 0 saturated carbocycles. The highest BCUT2D eigenvalue weighted by Gasteiger charge is 2.17. The molecule has 0 bridgehead atoms. The minimum absolute atomic E-state index is 0.152. The molecule has 1 amide bonds. The zero-order valence-corrected chi connectivity index (χ0v) is 18.5. The summed E-state index contributed by atoms with van der Waals surface area (Å²) in [6.07, 6.45) is 1.66. The summed E-state index contributed by atoms with van der Waals surface area (Å²) in [6, 6.07) is 25.0. The van der Waals surface area contributed by atoms with Crippen LogP contribution in [0.25, 0.3) is 21.8 Å². The first kappa shape index (κ1) is 21.0. The normalized spacial score (nSPS) is 11.2. The number of rotatable bonds is 6. The molecule has 3 aromatic carbocycles. The van der Waals surface area contributed by atoms with E-state index >= 15 is 0 Å². The molecule has 0 spiro atoms. The highest BCUT2D eigenvalue weighted by Crippen LogP contribution is 2.27. The van der Waals surface area contributed by atoms with Crippen LogP contribution in [0.3, 0.4) is 0 Å². The van der Waals surface area contributed by atoms with Crippen LogP contribution in [0.4, 0.5) is 0 Å². The van der Waals surface area contributed by atoms with Gasteiger partial charge in [-0.05, 0) is 29.3 Å². The lowest BCUT2D eigenvalue weighted by molar-refractivity contribution is -0.122. The van der Waals surface area contributed by atoms with Crippen molar-refractivity contribution in [3.05, 3.63) is 112 Å². The van der Waals surface area contributed by atoms with Gasteiger partial charge in [0.15, 0.2) is 0 Å². The topological polar surface area (TPSA) is 68.9 Å². The summed E-state index contributed by atoms with van der Waals surface area (Å²) in [5, 5.41) is 9.49. The third-order valence-corrected chi connectivity index (χ3v) is 5.86. The van der Waals surface area contributed by atoms with E-state index in [1.165, 1.54) is 4.68 Å². The molecule has 1 N–H and O–H groups in total. The largest absolute Gasteiger partial charge is 0.350 e. The van der Waals surface area contributed by atoms with E-state index in [1.807, 2.05) is 83.4 Å². The van der Waals surface area contributed by atoms with Crippen LogP contribution in [0.15, 0.2) is 89.9 Å². The van der Waals surface area contributed by atoms with E-state index in [-0.39, 0.29) is 18.0 Å². The Labute approximate surface area is 195 Å². The lowest BCUT2D eigenvalue weighted by atomic mass is 10.2. The van der Waals surface area contributed by atoms with Crippen LogP contribution in [0.2, 0.25) is 5.02 Å². The molecular weight excluding hydrogens is 436 g/mol. The third kappa shape index (κ3) is 4.25. The monoisotopic (exact) mass is 456 g/mol. The van der Waals surface area contributed by atoms with Gasteiger partial charge in [-0.2, -0.15) is 5.10 Å². The number of nitrogens with one attached hydrogen (secondary N) is 1. The SMILES string of the molecule is O=C(Cn1ncc2c3ccccc3n(Cc3cccc(Cl)c3)c2c1=O)NCc1ccccc1. The minimum atomic E-state index is -0.305. The van der Waals surface area contributed by atoms with Gasteiger partial charge in [-0.1, -0.05) is 72.3 Å². The van der Waals surface area contributed by atoms with Gasteiger partial charge in [0.1, 0.15) is 12.1 Å². The Kier molecular flexibility index (Phi) is 5.67. The summed E-state index contributed by atoms with van der Waals surface area (Å²) >= 11 is 6.18. The molecule has 33 heavy (non-hydrogen) atoms. The maximum absolute atomic E-state index is 13.5. The van der Waals surface area contributed by atoms with E-state index in [2.05, 4.69) is 10.4 Å². The summed E-state index contributed by atoms with van der Waals surface area (Å²) in [6.45, 7) is 0.718. The van der Waals surface area contributed by atoms with Gasteiger partial charge in [0.25, 0.3) is 5.56 Å². The fraction of sp³-hybridized carbons (Fsp3) is 0.115. The number of carbonyl (C=O) groups excluding carboxylic acids is 1. The molecule has 0 aliphatic rings. The zero-order chi connectivity index (χ0) is 22.8. The van der Waals surface area contributed by atoms with Crippen molar-refractivity contribution in [2.75, 3.05) is 0 Å². The molecule has 0 fully saturated rings. The molecule has 7 heteroatoms. The number of nitrogens with zero attached hydrogens (tertiary/aromatic N) is 3. The standard InChI is InChI=1S/C26H21ClN4O2/c27-20-10-6-9-19(13-20)16-30-23-12-5-4-11-21(23)22-15-29-31(26(33)25(22)30)17-24(32)28-14-18-7-2-1-3-8-18/h1-13,15H,14,16-17H2,(H,28,32). The first-order chi connectivity index (χ1) is 16.1. The zero-order valence-electron chi connectivity index (χ0n) is 17.7. The summed E-state index contributed by atoms with van der Waals surface area (Å²) in [7, 11) is 0. The van der Waals surface area contributed by atoms with Crippen LogP contribution in [-0.2, 0) is 24.4 Å². The molecule has 0 radical (unpaired) electrons. The van der Waals surface area contributed by atoms with E-state index in [0.29, 0.717) is 23.6 Å². The number of hydrogen-bond acceptors (Lipinski definition) is 3. The van der Waals surface area contributed by atoms with Crippen molar-refractivity contribution in [3.8, 4) is 0 Å². The molecular formula is C26H21ClN4O2. The second-order valence-corrected chi connectivity index (χ2v) is 8.30. The van der Waals surface area contributed by atoms with Gasteiger partial charge in [0.2, 0.25) is 5.91 Å². The molecule has 0 aliphatic heterocycles. The maximum Gasteiger partial charge on any atom is 0.291 e. The molecule has 0 unspecified atom stereocenters. The Morgan fingerprint density at radius 1 is 0.909 bits per heavy atom. The highest BCUT2D eigenvalue weighted by atomic mass is 35.5. The Morgan fingerprint density at radius 2 is 1.67 bits per heavy atom. The molecule has 164 valence electrons. The van der Waals surface area contributed by atoms with E-state index in [9.17, 15) is 9.59 Å². The van der Waals surface area contributed by atoms with Gasteiger partial charge in [-0.3, -0.25) is 9.59 Å². The van der Waals surface area contributed by atoms with Gasteiger partial charge in [0, 0.05) is 34.4 Å². The number of para-hydroxylation sites is 1. The van der Waals surface area contributed by atoms with Crippen LogP contribution in [0, 0.1) is 0 Å². The van der Waals surface area contributed by atoms with Crippen LogP contribution in [0.1, 0.15) is 11.1 Å². The highest BCUT2D eigenvalue weighted by molar-refractivity contribution is 6.30. The third-order valence-electron chi connectivity index (χ3n) is 5.63. The smallest absolute Gasteiger partial charge is 0.291 e. The lowest BCUT2D eigenvalue weighted by Gasteiger charge is -2.10. The van der Waals surface area contributed by atoms with Crippen molar-refractivity contribution in [1.29, 1.82) is 0 Å². The second-order valence-electron chi connectivity index (χ2n) is 7.87. The number of fused-ring (bicyclic) bond motifs is 3. The average molecular weight is 457 g/mol. The first-order valence-electron chi connectivity index (χ1n) is 10.6. The van der Waals surface area contributed by atoms with E-state index < -0.39 is 0 Å². The van der Waals surface area contributed by atoms with Crippen molar-refractivity contribution >= 4 is 39.3 Å². The number of amides is 1. The summed E-state index contributed by atoms with van der Waals surface area (Å²) in [5.74, 6) is -0.273. The van der Waals surface area contributed by atoms with Crippen molar-refractivity contribution in [1.82, 2.24) is 19.7 Å². The van der Waals surface area contributed by atoms with Crippen LogP contribution >= 0.6 is 11.6 Å². The predicted octanol–water partition coefficient (Wildman–Crippen LogP) is 4.37. The van der Waals surface area contributed by atoms with Crippen molar-refractivity contribution in [2.45, 2.75) is 19.6 Å². The van der Waals surface area contributed by atoms with Gasteiger partial charge in [-0.25, -0.2) is 4.68 Å². The minimum Gasteiger partial charge on any atom is -0.350 e. The summed E-state index contributed by atoms with van der Waals surface area (Å²) < 4.78 is 3.19. The Bertz CT molecular complexity index is 1520. The molecule has 6 nitrogen and oxygen atoms in total. The Hall–Kier alpha value is -3.90. The molecule has 5 rings (SSSR count). The second kappa shape index (κ2) is 8.92. The molecule has 0 saturated heterocycles. The number of hydrogen-bond donors (Lipinski definition) is 1. The van der Waals surface area contributed by atoms with E-state index in [0.717, 1.165) is 27.4 Å². The summed E-state index contributed by atoms with van der Waals surface area (Å²) in [4.78, 5) is 26.0. The van der Waals surface area contributed by atoms with Crippen LogP contribution in [0.5, 0.6) is 0 Å². The van der Waals surface area contributed by atoms with E-state index in [1.54, 1.807) is 6.20 Å². The number of aromatic nitrogens is 3. The molecule has 0 atom stereocenters. The molecule has 2 aromatic heterocycles. The fourth-order valence-corrected chi connectivity index (χ4v) is 4.29. The lowest BCUT2D eigenvalue weighted by Crippen LogP contribution is -2.33. The maximum atomic E-state index is 13.5. The van der Waals surface area contributed by atoms with E-state index in [4.69, 9.17) is 11.6 Å². The number of halogens is 1. The van der Waals surface area contributed by atoms with Crippen LogP contribution in [-0.4, -0.2) is 20.3 Å². The number of benzene rings is 3. The molecule has 2 heterocycles. The molecule has 0 aliphatic carbocycles. The predicted molar refractivity (Wildman–Crippen MR) is 130 cm³/mol. The van der Waals surface area contributed by atoms with Crippen molar-refractivity contribution < 1.29 is 4.79 Å².